The monoisotopic (exact) mass is 236 g/mol. The van der Waals surface area contributed by atoms with Crippen molar-refractivity contribution in [3.8, 4) is 0 Å². The maximum Gasteiger partial charge on any atom is 0.338 e. The molecule has 0 bridgehead atoms. The number of carbonyl (C=O) groups is 1. The predicted octanol–water partition coefficient (Wildman–Crippen LogP) is 2.03. The lowest BCUT2D eigenvalue weighted by Gasteiger charge is -2.00. The summed E-state index contributed by atoms with van der Waals surface area (Å²) in [4.78, 5) is 23.5. The lowest BCUT2D eigenvalue weighted by Crippen LogP contribution is -2.33. The van der Waals surface area contributed by atoms with Crippen molar-refractivity contribution in [3.63, 3.8) is 0 Å². The van der Waals surface area contributed by atoms with Gasteiger partial charge in [0.25, 0.3) is 5.56 Å². The lowest BCUT2D eigenvalue weighted by atomic mass is 10.3. The maximum atomic E-state index is 11.8. The van der Waals surface area contributed by atoms with Crippen LogP contribution in [0.4, 0.5) is 4.79 Å². The Kier molecular flexibility index (Phi) is 3.05. The molecular weight excluding hydrogens is 224 g/mol. The first-order chi connectivity index (χ1) is 7.74. The molecule has 0 spiro atoms. The minimum atomic E-state index is -0.340. The third-order valence-electron chi connectivity index (χ3n) is 2.20. The van der Waals surface area contributed by atoms with Gasteiger partial charge in [0.05, 0.1) is 10.1 Å². The summed E-state index contributed by atoms with van der Waals surface area (Å²) in [6, 6.07) is 6.88. The summed E-state index contributed by atoms with van der Waals surface area (Å²) in [5.74, 6) is 0. The first kappa shape index (κ1) is 10.9. The molecule has 0 fully saturated rings. The zero-order valence-electron chi connectivity index (χ0n) is 8.90. The first-order valence-electron chi connectivity index (χ1n) is 5.13. The number of fused-ring (bicyclic) bond motifs is 1. The van der Waals surface area contributed by atoms with E-state index >= 15 is 0 Å². The van der Waals surface area contributed by atoms with Gasteiger partial charge in [-0.1, -0.05) is 19.1 Å². The Morgan fingerprint density at radius 3 is 2.88 bits per heavy atom. The maximum absolute atomic E-state index is 11.8. The van der Waals surface area contributed by atoms with Crippen LogP contribution in [0, 0.1) is 0 Å². The summed E-state index contributed by atoms with van der Waals surface area (Å²) in [5.41, 5.74) is -0.241. The van der Waals surface area contributed by atoms with Crippen LogP contribution in [0.2, 0.25) is 0 Å². The predicted molar refractivity (Wildman–Crippen MR) is 65.2 cm³/mol. The molecule has 0 aliphatic heterocycles. The molecule has 0 saturated heterocycles. The normalized spacial score (nSPS) is 10.6. The molecule has 0 aliphatic rings. The summed E-state index contributed by atoms with van der Waals surface area (Å²) in [5, 5.41) is 3.28. The highest BCUT2D eigenvalue weighted by atomic mass is 32.1. The molecule has 84 valence electrons. The molecule has 5 heteroatoms. The van der Waals surface area contributed by atoms with Crippen molar-refractivity contribution < 1.29 is 4.79 Å². The van der Waals surface area contributed by atoms with Gasteiger partial charge in [-0.3, -0.25) is 4.79 Å². The zero-order chi connectivity index (χ0) is 11.5. The summed E-state index contributed by atoms with van der Waals surface area (Å²) in [7, 11) is 0. The molecule has 2 aromatic rings. The number of carbonyl (C=O) groups excluding carboxylic acids is 1. The highest BCUT2D eigenvalue weighted by Crippen LogP contribution is 2.15. The molecule has 16 heavy (non-hydrogen) atoms. The summed E-state index contributed by atoms with van der Waals surface area (Å²) < 4.78 is 2.00. The molecule has 0 unspecified atom stereocenters. The van der Waals surface area contributed by atoms with E-state index < -0.39 is 0 Å². The van der Waals surface area contributed by atoms with Crippen LogP contribution in [0.15, 0.2) is 29.1 Å². The largest absolute Gasteiger partial charge is 0.338 e. The van der Waals surface area contributed by atoms with Gasteiger partial charge < -0.3 is 5.32 Å². The third-order valence-corrected chi connectivity index (χ3v) is 3.27. The molecule has 1 amide bonds. The van der Waals surface area contributed by atoms with Crippen molar-refractivity contribution in [3.05, 3.63) is 34.6 Å². The van der Waals surface area contributed by atoms with E-state index in [1.54, 1.807) is 12.1 Å². The number of nitrogens with zero attached hydrogens (tertiary/aromatic N) is 1. The van der Waals surface area contributed by atoms with Gasteiger partial charge in [0.2, 0.25) is 0 Å². The minimum Gasteiger partial charge on any atom is -0.337 e. The van der Waals surface area contributed by atoms with Crippen LogP contribution in [0.25, 0.3) is 10.1 Å². The van der Waals surface area contributed by atoms with Crippen LogP contribution < -0.4 is 10.9 Å². The zero-order valence-corrected chi connectivity index (χ0v) is 9.71. The van der Waals surface area contributed by atoms with Gasteiger partial charge in [0.15, 0.2) is 0 Å². The van der Waals surface area contributed by atoms with E-state index in [0.29, 0.717) is 11.9 Å². The van der Waals surface area contributed by atoms with Crippen molar-refractivity contribution >= 4 is 27.6 Å². The SMILES string of the molecule is CCCNC(=O)n1sc2ccccc2c1=O. The number of amides is 1. The molecule has 4 nitrogen and oxygen atoms in total. The topological polar surface area (TPSA) is 51.1 Å². The molecule has 1 aromatic heterocycles. The number of nitrogens with one attached hydrogen (secondary N) is 1. The average molecular weight is 236 g/mol. The highest BCUT2D eigenvalue weighted by Gasteiger charge is 2.12. The van der Waals surface area contributed by atoms with Gasteiger partial charge in [-0.25, -0.2) is 4.79 Å². The second-order valence-corrected chi connectivity index (χ2v) is 4.41. The van der Waals surface area contributed by atoms with Crippen molar-refractivity contribution in [1.82, 2.24) is 9.27 Å². The number of aromatic nitrogens is 1. The van der Waals surface area contributed by atoms with Crippen molar-refractivity contribution in [1.29, 1.82) is 0 Å². The Morgan fingerprint density at radius 1 is 1.44 bits per heavy atom. The van der Waals surface area contributed by atoms with Gasteiger partial charge in [-0.15, -0.1) is 0 Å². The van der Waals surface area contributed by atoms with E-state index in [1.807, 2.05) is 19.1 Å². The van der Waals surface area contributed by atoms with Crippen molar-refractivity contribution in [2.24, 2.45) is 0 Å². The lowest BCUT2D eigenvalue weighted by molar-refractivity contribution is 0.244. The molecule has 0 aliphatic carbocycles. The van der Waals surface area contributed by atoms with E-state index in [0.717, 1.165) is 11.1 Å². The Balaban J connectivity index is 2.42. The smallest absolute Gasteiger partial charge is 0.337 e. The molecule has 0 radical (unpaired) electrons. The fraction of sp³-hybridized carbons (Fsp3) is 0.273. The molecule has 2 rings (SSSR count). The van der Waals surface area contributed by atoms with E-state index in [1.165, 1.54) is 15.5 Å². The van der Waals surface area contributed by atoms with Gasteiger partial charge in [0.1, 0.15) is 0 Å². The summed E-state index contributed by atoms with van der Waals surface area (Å²) >= 11 is 1.17. The van der Waals surface area contributed by atoms with Crippen molar-refractivity contribution in [2.45, 2.75) is 13.3 Å². The summed E-state index contributed by atoms with van der Waals surface area (Å²) in [6.07, 6.45) is 0.853. The summed E-state index contributed by atoms with van der Waals surface area (Å²) in [6.45, 7) is 2.55. The van der Waals surface area contributed by atoms with Crippen LogP contribution >= 0.6 is 11.5 Å². The van der Waals surface area contributed by atoms with Gasteiger partial charge >= 0.3 is 6.03 Å². The van der Waals surface area contributed by atoms with Gasteiger partial charge in [-0.2, -0.15) is 3.96 Å². The van der Waals surface area contributed by atoms with Gasteiger partial charge in [0, 0.05) is 6.54 Å². The van der Waals surface area contributed by atoms with Gasteiger partial charge in [-0.05, 0) is 30.1 Å². The molecule has 1 heterocycles. The van der Waals surface area contributed by atoms with Crippen LogP contribution in [-0.2, 0) is 0 Å². The number of hydrogen-bond donors (Lipinski definition) is 1. The van der Waals surface area contributed by atoms with E-state index in [2.05, 4.69) is 5.32 Å². The number of benzene rings is 1. The van der Waals surface area contributed by atoms with Crippen LogP contribution in [-0.4, -0.2) is 16.5 Å². The van der Waals surface area contributed by atoms with Crippen LogP contribution in [0.3, 0.4) is 0 Å². The Morgan fingerprint density at radius 2 is 2.19 bits per heavy atom. The second kappa shape index (κ2) is 4.49. The fourth-order valence-corrected chi connectivity index (χ4v) is 2.33. The van der Waals surface area contributed by atoms with E-state index in [4.69, 9.17) is 0 Å². The van der Waals surface area contributed by atoms with Crippen LogP contribution in [0.1, 0.15) is 13.3 Å². The number of rotatable bonds is 2. The average Bonchev–Trinajstić information content (AvgIpc) is 2.64. The van der Waals surface area contributed by atoms with Crippen molar-refractivity contribution in [2.75, 3.05) is 6.54 Å². The van der Waals surface area contributed by atoms with E-state index in [-0.39, 0.29) is 11.6 Å². The van der Waals surface area contributed by atoms with Crippen LogP contribution in [0.5, 0.6) is 0 Å². The fourth-order valence-electron chi connectivity index (χ4n) is 1.41. The quantitative estimate of drug-likeness (QED) is 0.867. The molecular formula is C11H12N2O2S. The Bertz CT molecular complexity index is 571. The molecule has 1 aromatic carbocycles. The first-order valence-corrected chi connectivity index (χ1v) is 5.90. The molecule has 0 atom stereocenters. The highest BCUT2D eigenvalue weighted by molar-refractivity contribution is 7.14. The molecule has 1 N–H and O–H groups in total. The minimum absolute atomic E-state index is 0.241. The van der Waals surface area contributed by atoms with E-state index in [9.17, 15) is 9.59 Å². The Labute approximate surface area is 96.7 Å². The second-order valence-electron chi connectivity index (χ2n) is 3.42. The standard InChI is InChI=1S/C11H12N2O2S/c1-2-7-12-11(15)13-10(14)8-5-3-4-6-9(8)16-13/h3-6H,2,7H2,1H3,(H,12,15). The third kappa shape index (κ3) is 1.86. The molecule has 0 saturated carbocycles. The number of hydrogen-bond acceptors (Lipinski definition) is 3. The Hall–Kier alpha value is -1.62.